The lowest BCUT2D eigenvalue weighted by molar-refractivity contribution is -0.137. The molecule has 1 aromatic heterocycles. The van der Waals surface area contributed by atoms with E-state index in [1.807, 2.05) is 10.9 Å². The molecule has 0 aromatic carbocycles. The SMILES string of the molecule is O=C(CC1CCC1)Nc1cnn(C[C@H]2CCCCN2C(=O)CC2CCC2)c1. The topological polar surface area (TPSA) is 67.2 Å². The molecule has 1 saturated heterocycles. The van der Waals surface area contributed by atoms with Crippen LogP contribution in [0.15, 0.2) is 12.4 Å². The van der Waals surface area contributed by atoms with Crippen molar-refractivity contribution in [2.24, 2.45) is 11.8 Å². The van der Waals surface area contributed by atoms with Gasteiger partial charge >= 0.3 is 0 Å². The number of likely N-dealkylation sites (tertiary alicyclic amines) is 1. The summed E-state index contributed by atoms with van der Waals surface area (Å²) in [5, 5.41) is 7.39. The number of carbonyl (C=O) groups is 2. The molecule has 2 amide bonds. The van der Waals surface area contributed by atoms with Gasteiger partial charge in [0.2, 0.25) is 11.8 Å². The smallest absolute Gasteiger partial charge is 0.224 e. The van der Waals surface area contributed by atoms with E-state index in [2.05, 4.69) is 15.3 Å². The van der Waals surface area contributed by atoms with E-state index in [1.165, 1.54) is 44.9 Å². The number of nitrogens with zero attached hydrogens (tertiary/aromatic N) is 3. The summed E-state index contributed by atoms with van der Waals surface area (Å²) in [6.45, 7) is 1.59. The molecule has 1 atom stereocenters. The van der Waals surface area contributed by atoms with E-state index in [0.717, 1.165) is 38.0 Å². The van der Waals surface area contributed by atoms with Gasteiger partial charge in [-0.3, -0.25) is 14.3 Å². The van der Waals surface area contributed by atoms with E-state index < -0.39 is 0 Å². The average molecular weight is 373 g/mol. The van der Waals surface area contributed by atoms with Crippen LogP contribution in [-0.4, -0.2) is 39.1 Å². The molecular formula is C21H32N4O2. The van der Waals surface area contributed by atoms with Gasteiger partial charge in [0.1, 0.15) is 0 Å². The number of rotatable bonds is 7. The van der Waals surface area contributed by atoms with Gasteiger partial charge in [-0.2, -0.15) is 5.10 Å². The third kappa shape index (κ3) is 4.71. The molecule has 0 bridgehead atoms. The summed E-state index contributed by atoms with van der Waals surface area (Å²) in [5.41, 5.74) is 0.766. The quantitative estimate of drug-likeness (QED) is 0.795. The number of carbonyl (C=O) groups excluding carboxylic acids is 2. The van der Waals surface area contributed by atoms with E-state index in [9.17, 15) is 9.59 Å². The molecular weight excluding hydrogens is 340 g/mol. The zero-order valence-electron chi connectivity index (χ0n) is 16.2. The zero-order chi connectivity index (χ0) is 18.6. The molecule has 3 aliphatic rings. The van der Waals surface area contributed by atoms with E-state index in [1.54, 1.807) is 6.20 Å². The van der Waals surface area contributed by atoms with Gasteiger partial charge < -0.3 is 10.2 Å². The maximum atomic E-state index is 12.7. The summed E-state index contributed by atoms with van der Waals surface area (Å²) in [6, 6.07) is 0.227. The van der Waals surface area contributed by atoms with Crippen LogP contribution in [0.1, 0.15) is 70.6 Å². The maximum Gasteiger partial charge on any atom is 0.224 e. The van der Waals surface area contributed by atoms with Gasteiger partial charge in [-0.1, -0.05) is 12.8 Å². The molecule has 2 saturated carbocycles. The van der Waals surface area contributed by atoms with Crippen LogP contribution in [-0.2, 0) is 16.1 Å². The average Bonchev–Trinajstić information content (AvgIpc) is 3.01. The van der Waals surface area contributed by atoms with Gasteiger partial charge in [0.05, 0.1) is 24.5 Å². The Bertz CT molecular complexity index is 663. The molecule has 2 heterocycles. The van der Waals surface area contributed by atoms with Gasteiger partial charge in [-0.25, -0.2) is 0 Å². The lowest BCUT2D eigenvalue weighted by Crippen LogP contribution is -2.46. The van der Waals surface area contributed by atoms with E-state index in [4.69, 9.17) is 0 Å². The predicted octanol–water partition coefficient (Wildman–Crippen LogP) is 3.58. The Morgan fingerprint density at radius 2 is 1.74 bits per heavy atom. The first-order chi connectivity index (χ1) is 13.2. The predicted molar refractivity (Wildman–Crippen MR) is 104 cm³/mol. The number of nitrogens with one attached hydrogen (secondary N) is 1. The van der Waals surface area contributed by atoms with Gasteiger partial charge in [0, 0.05) is 25.6 Å². The molecule has 6 nitrogen and oxygen atoms in total. The Morgan fingerprint density at radius 1 is 1.00 bits per heavy atom. The van der Waals surface area contributed by atoms with Gasteiger partial charge in [-0.15, -0.1) is 0 Å². The van der Waals surface area contributed by atoms with Crippen molar-refractivity contribution in [2.45, 2.75) is 83.2 Å². The summed E-state index contributed by atoms with van der Waals surface area (Å²) in [7, 11) is 0. The highest BCUT2D eigenvalue weighted by Gasteiger charge is 2.30. The summed E-state index contributed by atoms with van der Waals surface area (Å²) in [4.78, 5) is 26.9. The molecule has 1 aliphatic heterocycles. The Balaban J connectivity index is 1.30. The second-order valence-electron chi connectivity index (χ2n) is 8.74. The largest absolute Gasteiger partial charge is 0.338 e. The lowest BCUT2D eigenvalue weighted by Gasteiger charge is -2.37. The Morgan fingerprint density at radius 3 is 2.44 bits per heavy atom. The van der Waals surface area contributed by atoms with Crippen molar-refractivity contribution in [2.75, 3.05) is 11.9 Å². The molecule has 3 fully saturated rings. The van der Waals surface area contributed by atoms with Crippen LogP contribution in [0.2, 0.25) is 0 Å². The minimum atomic E-state index is 0.0919. The first-order valence-corrected chi connectivity index (χ1v) is 10.8. The number of amides is 2. The third-order valence-electron chi connectivity index (χ3n) is 6.65. The van der Waals surface area contributed by atoms with Crippen LogP contribution >= 0.6 is 0 Å². The summed E-state index contributed by atoms with van der Waals surface area (Å²) < 4.78 is 1.89. The van der Waals surface area contributed by atoms with Crippen molar-refractivity contribution in [3.63, 3.8) is 0 Å². The monoisotopic (exact) mass is 372 g/mol. The molecule has 27 heavy (non-hydrogen) atoms. The van der Waals surface area contributed by atoms with Crippen molar-refractivity contribution >= 4 is 17.5 Å². The highest BCUT2D eigenvalue weighted by Crippen LogP contribution is 2.31. The Kier molecular flexibility index (Phi) is 5.79. The van der Waals surface area contributed by atoms with E-state index in [-0.39, 0.29) is 11.9 Å². The number of anilines is 1. The van der Waals surface area contributed by atoms with Crippen molar-refractivity contribution in [1.82, 2.24) is 14.7 Å². The normalized spacial score (nSPS) is 23.6. The van der Waals surface area contributed by atoms with Crippen molar-refractivity contribution in [3.05, 3.63) is 12.4 Å². The first-order valence-electron chi connectivity index (χ1n) is 10.8. The minimum Gasteiger partial charge on any atom is -0.338 e. The number of hydrogen-bond acceptors (Lipinski definition) is 3. The van der Waals surface area contributed by atoms with Gasteiger partial charge in [0.15, 0.2) is 0 Å². The van der Waals surface area contributed by atoms with E-state index in [0.29, 0.717) is 24.2 Å². The van der Waals surface area contributed by atoms with Gasteiger partial charge in [0.25, 0.3) is 0 Å². The molecule has 4 rings (SSSR count). The standard InChI is InChI=1S/C21H32N4O2/c26-20(11-16-5-3-6-16)23-18-13-22-24(14-18)15-19-9-1-2-10-25(19)21(27)12-17-7-4-8-17/h13-14,16-17,19H,1-12,15H2,(H,23,26)/t19-/m1/s1. The molecule has 1 N–H and O–H groups in total. The second-order valence-corrected chi connectivity index (χ2v) is 8.74. The number of hydrogen-bond donors (Lipinski definition) is 1. The fourth-order valence-electron chi connectivity index (χ4n) is 4.49. The van der Waals surface area contributed by atoms with Crippen LogP contribution in [0.4, 0.5) is 5.69 Å². The fraction of sp³-hybridized carbons (Fsp3) is 0.762. The summed E-state index contributed by atoms with van der Waals surface area (Å²) in [6.07, 6.45) is 15.6. The third-order valence-corrected chi connectivity index (χ3v) is 6.65. The van der Waals surface area contributed by atoms with Crippen molar-refractivity contribution < 1.29 is 9.59 Å². The number of piperidine rings is 1. The Hall–Kier alpha value is -1.85. The molecule has 0 spiro atoms. The fourth-order valence-corrected chi connectivity index (χ4v) is 4.49. The van der Waals surface area contributed by atoms with Crippen LogP contribution in [0.25, 0.3) is 0 Å². The second kappa shape index (κ2) is 8.44. The van der Waals surface area contributed by atoms with E-state index >= 15 is 0 Å². The summed E-state index contributed by atoms with van der Waals surface area (Å²) in [5.74, 6) is 1.60. The first kappa shape index (κ1) is 18.5. The molecule has 1 aromatic rings. The molecule has 148 valence electrons. The van der Waals surface area contributed by atoms with Crippen LogP contribution in [0.3, 0.4) is 0 Å². The molecule has 2 aliphatic carbocycles. The highest BCUT2D eigenvalue weighted by molar-refractivity contribution is 5.90. The number of aromatic nitrogens is 2. The zero-order valence-corrected chi connectivity index (χ0v) is 16.2. The molecule has 0 radical (unpaired) electrons. The van der Waals surface area contributed by atoms with Crippen LogP contribution in [0, 0.1) is 11.8 Å². The highest BCUT2D eigenvalue weighted by atomic mass is 16.2. The van der Waals surface area contributed by atoms with Crippen LogP contribution < -0.4 is 5.32 Å². The van der Waals surface area contributed by atoms with Crippen LogP contribution in [0.5, 0.6) is 0 Å². The maximum absolute atomic E-state index is 12.7. The van der Waals surface area contributed by atoms with Crippen molar-refractivity contribution in [1.29, 1.82) is 0 Å². The van der Waals surface area contributed by atoms with Crippen molar-refractivity contribution in [3.8, 4) is 0 Å². The Labute approximate surface area is 161 Å². The molecule has 0 unspecified atom stereocenters. The summed E-state index contributed by atoms with van der Waals surface area (Å²) >= 11 is 0. The molecule has 6 heteroatoms. The lowest BCUT2D eigenvalue weighted by atomic mass is 9.82. The van der Waals surface area contributed by atoms with Gasteiger partial charge in [-0.05, 0) is 56.8 Å². The minimum absolute atomic E-state index is 0.0919.